The van der Waals surface area contributed by atoms with Gasteiger partial charge in [-0.1, -0.05) is 12.1 Å². The monoisotopic (exact) mass is 377 g/mol. The highest BCUT2D eigenvalue weighted by molar-refractivity contribution is 7.89. The molecule has 1 aromatic carbocycles. The number of nitrogen functional groups attached to an aromatic ring is 1. The number of hydrogen-bond donors (Lipinski definition) is 2. The Morgan fingerprint density at radius 1 is 1.29 bits per heavy atom. The zero-order valence-corrected chi connectivity index (χ0v) is 15.4. The van der Waals surface area contributed by atoms with Crippen molar-refractivity contribution in [2.24, 2.45) is 5.92 Å². The average molecular weight is 378 g/mol. The Labute approximate surface area is 149 Å². The molecule has 0 bridgehead atoms. The van der Waals surface area contributed by atoms with Crippen molar-refractivity contribution in [3.63, 3.8) is 0 Å². The molecular formula is C15H24ClN3O4S. The Kier molecular flexibility index (Phi) is 7.47. The van der Waals surface area contributed by atoms with Gasteiger partial charge in [-0.2, -0.15) is 0 Å². The van der Waals surface area contributed by atoms with Crippen LogP contribution in [0, 0.1) is 5.92 Å². The van der Waals surface area contributed by atoms with Crippen molar-refractivity contribution in [3.8, 4) is 0 Å². The number of benzene rings is 1. The number of amides is 1. The number of hydrogen-bond acceptors (Lipinski definition) is 5. The summed E-state index contributed by atoms with van der Waals surface area (Å²) in [6.45, 7) is 0.668. The summed E-state index contributed by atoms with van der Waals surface area (Å²) in [4.78, 5) is 12.1. The molecule has 2 rings (SSSR count). The lowest BCUT2D eigenvalue weighted by Gasteiger charge is -2.21. The maximum absolute atomic E-state index is 12.1. The van der Waals surface area contributed by atoms with Crippen LogP contribution in [0.1, 0.15) is 5.56 Å². The summed E-state index contributed by atoms with van der Waals surface area (Å²) < 4.78 is 30.5. The zero-order chi connectivity index (χ0) is 17.0. The van der Waals surface area contributed by atoms with Gasteiger partial charge < -0.3 is 15.8 Å². The molecule has 136 valence electrons. The molecule has 0 unspecified atom stereocenters. The Morgan fingerprint density at radius 3 is 2.50 bits per heavy atom. The fourth-order valence-corrected chi connectivity index (χ4v) is 3.59. The van der Waals surface area contributed by atoms with Gasteiger partial charge in [0.1, 0.15) is 0 Å². The van der Waals surface area contributed by atoms with Crippen molar-refractivity contribution in [1.29, 1.82) is 0 Å². The summed E-state index contributed by atoms with van der Waals surface area (Å²) in [5, 5.41) is 2.88. The van der Waals surface area contributed by atoms with Crippen molar-refractivity contribution in [1.82, 2.24) is 9.62 Å². The van der Waals surface area contributed by atoms with E-state index in [2.05, 4.69) is 5.32 Å². The average Bonchev–Trinajstić information content (AvgIpc) is 2.87. The first-order chi connectivity index (χ1) is 10.8. The standard InChI is InChI=1S/C15H23N3O4S.ClH/c1-18(2)23(20,21)10-12-8-22-9-14(12)17-15(19)7-11-3-5-13(16)6-4-11;/h3-6,12,14H,7-10,16H2,1-2H3,(H,17,19);1H/t12-,14+;/m0./s1. The molecule has 1 aliphatic heterocycles. The second-order valence-corrected chi connectivity index (χ2v) is 8.18. The number of carbonyl (C=O) groups excluding carboxylic acids is 1. The molecule has 1 fully saturated rings. The highest BCUT2D eigenvalue weighted by Gasteiger charge is 2.34. The number of nitrogens with two attached hydrogens (primary N) is 1. The van der Waals surface area contributed by atoms with Gasteiger partial charge in [0.15, 0.2) is 0 Å². The minimum absolute atomic E-state index is 0. The number of carbonyl (C=O) groups is 1. The quantitative estimate of drug-likeness (QED) is 0.692. The van der Waals surface area contributed by atoms with Gasteiger partial charge in [0.25, 0.3) is 0 Å². The second kappa shape index (κ2) is 8.66. The lowest BCUT2D eigenvalue weighted by atomic mass is 10.1. The van der Waals surface area contributed by atoms with Crippen molar-refractivity contribution in [2.75, 3.05) is 38.8 Å². The van der Waals surface area contributed by atoms with Gasteiger partial charge in [-0.3, -0.25) is 4.79 Å². The molecule has 7 nitrogen and oxygen atoms in total. The molecule has 1 aliphatic rings. The van der Waals surface area contributed by atoms with E-state index < -0.39 is 10.0 Å². The third-order valence-electron chi connectivity index (χ3n) is 3.87. The van der Waals surface area contributed by atoms with Crippen LogP contribution >= 0.6 is 12.4 Å². The zero-order valence-electron chi connectivity index (χ0n) is 13.8. The van der Waals surface area contributed by atoms with Crippen molar-refractivity contribution in [3.05, 3.63) is 29.8 Å². The van der Waals surface area contributed by atoms with Crippen molar-refractivity contribution < 1.29 is 17.9 Å². The molecule has 9 heteroatoms. The normalized spacial score (nSPS) is 20.6. The highest BCUT2D eigenvalue weighted by Crippen LogP contribution is 2.17. The third-order valence-corrected chi connectivity index (χ3v) is 5.83. The summed E-state index contributed by atoms with van der Waals surface area (Å²) >= 11 is 0. The molecular weight excluding hydrogens is 354 g/mol. The van der Waals surface area contributed by atoms with Crippen LogP contribution in [0.4, 0.5) is 5.69 Å². The van der Waals surface area contributed by atoms with E-state index in [4.69, 9.17) is 10.5 Å². The van der Waals surface area contributed by atoms with Crippen molar-refractivity contribution >= 4 is 34.0 Å². The fraction of sp³-hybridized carbons (Fsp3) is 0.533. The Bertz CT molecular complexity index is 649. The Hall–Kier alpha value is -1.35. The summed E-state index contributed by atoms with van der Waals surface area (Å²) in [6.07, 6.45) is 0.226. The first kappa shape index (κ1) is 20.7. The van der Waals surface area contributed by atoms with E-state index in [0.717, 1.165) is 5.56 Å². The molecule has 1 amide bonds. The smallest absolute Gasteiger partial charge is 0.224 e. The van der Waals surface area contributed by atoms with Crippen LogP contribution in [-0.4, -0.2) is 57.7 Å². The maximum Gasteiger partial charge on any atom is 0.224 e. The van der Waals surface area contributed by atoms with Crippen LogP contribution in [0.25, 0.3) is 0 Å². The number of anilines is 1. The van der Waals surface area contributed by atoms with Gasteiger partial charge in [0.2, 0.25) is 15.9 Å². The SMILES string of the molecule is CN(C)S(=O)(=O)C[C@@H]1COC[C@H]1NC(=O)Cc1ccc(N)cc1.Cl. The molecule has 0 spiro atoms. The van der Waals surface area contributed by atoms with Gasteiger partial charge >= 0.3 is 0 Å². The largest absolute Gasteiger partial charge is 0.399 e. The van der Waals surface area contributed by atoms with Gasteiger partial charge in [-0.25, -0.2) is 12.7 Å². The minimum atomic E-state index is -3.33. The number of rotatable bonds is 6. The van der Waals surface area contributed by atoms with E-state index in [9.17, 15) is 13.2 Å². The second-order valence-electron chi connectivity index (χ2n) is 5.95. The summed E-state index contributed by atoms with van der Waals surface area (Å²) in [6, 6.07) is 6.80. The number of ether oxygens (including phenoxy) is 1. The first-order valence-corrected chi connectivity index (χ1v) is 9.00. The van der Waals surface area contributed by atoms with Crippen LogP contribution in [0.15, 0.2) is 24.3 Å². The van der Waals surface area contributed by atoms with Crippen LogP contribution < -0.4 is 11.1 Å². The molecule has 0 aromatic heterocycles. The molecule has 1 heterocycles. The summed E-state index contributed by atoms with van der Waals surface area (Å²) in [7, 11) is -0.326. The van der Waals surface area contributed by atoms with Crippen LogP contribution in [-0.2, 0) is 26.0 Å². The predicted molar refractivity (Wildman–Crippen MR) is 95.5 cm³/mol. The molecule has 1 saturated heterocycles. The molecule has 2 atom stereocenters. The van der Waals surface area contributed by atoms with Crippen LogP contribution in [0.5, 0.6) is 0 Å². The van der Waals surface area contributed by atoms with E-state index in [0.29, 0.717) is 18.9 Å². The summed E-state index contributed by atoms with van der Waals surface area (Å²) in [5.41, 5.74) is 7.11. The summed E-state index contributed by atoms with van der Waals surface area (Å²) in [5.74, 6) is -0.428. The highest BCUT2D eigenvalue weighted by atomic mass is 35.5. The first-order valence-electron chi connectivity index (χ1n) is 7.39. The lowest BCUT2D eigenvalue weighted by molar-refractivity contribution is -0.121. The van der Waals surface area contributed by atoms with E-state index in [1.54, 1.807) is 24.3 Å². The molecule has 24 heavy (non-hydrogen) atoms. The minimum Gasteiger partial charge on any atom is -0.399 e. The molecule has 1 aromatic rings. The predicted octanol–water partition coefficient (Wildman–Crippen LogP) is 0.256. The Balaban J connectivity index is 0.00000288. The van der Waals surface area contributed by atoms with E-state index in [-0.39, 0.29) is 42.4 Å². The van der Waals surface area contributed by atoms with Crippen molar-refractivity contribution in [2.45, 2.75) is 12.5 Å². The molecule has 0 aliphatic carbocycles. The third kappa shape index (κ3) is 5.62. The number of nitrogens with zero attached hydrogens (tertiary/aromatic N) is 1. The number of sulfonamides is 1. The van der Waals surface area contributed by atoms with Gasteiger partial charge in [0, 0.05) is 25.7 Å². The van der Waals surface area contributed by atoms with E-state index in [1.807, 2.05) is 0 Å². The van der Waals surface area contributed by atoms with E-state index >= 15 is 0 Å². The number of halogens is 1. The fourth-order valence-electron chi connectivity index (χ4n) is 2.42. The Morgan fingerprint density at radius 2 is 1.92 bits per heavy atom. The van der Waals surface area contributed by atoms with Gasteiger partial charge in [-0.15, -0.1) is 12.4 Å². The topological polar surface area (TPSA) is 102 Å². The van der Waals surface area contributed by atoms with Gasteiger partial charge in [0.05, 0.1) is 31.4 Å². The van der Waals surface area contributed by atoms with Crippen LogP contribution in [0.3, 0.4) is 0 Å². The lowest BCUT2D eigenvalue weighted by Crippen LogP contribution is -2.44. The van der Waals surface area contributed by atoms with E-state index in [1.165, 1.54) is 18.4 Å². The number of nitrogens with one attached hydrogen (secondary N) is 1. The molecule has 0 saturated carbocycles. The van der Waals surface area contributed by atoms with Crippen LogP contribution in [0.2, 0.25) is 0 Å². The molecule has 3 N–H and O–H groups in total. The maximum atomic E-state index is 12.1. The van der Waals surface area contributed by atoms with Gasteiger partial charge in [-0.05, 0) is 17.7 Å². The molecule has 0 radical (unpaired) electrons.